The number of nitrogens with one attached hydrogen (secondary N) is 2. The Morgan fingerprint density at radius 1 is 1.02 bits per heavy atom. The fraction of sp³-hybridized carbons (Fsp3) is 0.368. The molecule has 2 aliphatic heterocycles. The summed E-state index contributed by atoms with van der Waals surface area (Å²) in [6, 6.07) is 14.1. The van der Waals surface area contributed by atoms with Gasteiger partial charge in [-0.05, 0) is 67.9 Å². The summed E-state index contributed by atoms with van der Waals surface area (Å²) in [5.41, 5.74) is 6.56. The van der Waals surface area contributed by atoms with Crippen molar-refractivity contribution in [3.63, 3.8) is 0 Å². The summed E-state index contributed by atoms with van der Waals surface area (Å²) in [6.07, 6.45) is 6.84. The zero-order chi connectivity index (χ0) is 35.6. The molecule has 51 heavy (non-hydrogen) atoms. The molecule has 0 bridgehead atoms. The number of hydrogen-bond acceptors (Lipinski definition) is 9. The lowest BCUT2D eigenvalue weighted by Crippen LogP contribution is -2.53. The van der Waals surface area contributed by atoms with Gasteiger partial charge in [0.2, 0.25) is 11.8 Å². The third kappa shape index (κ3) is 5.48. The lowest BCUT2D eigenvalue weighted by molar-refractivity contribution is -0.125. The number of likely N-dealkylation sites (tertiary alicyclic amines) is 1. The molecule has 2 fully saturated rings. The van der Waals surface area contributed by atoms with E-state index in [9.17, 15) is 14.4 Å². The number of anilines is 2. The number of carbonyl (C=O) groups is 1. The number of rotatable bonds is 6. The van der Waals surface area contributed by atoms with Crippen LogP contribution in [0.5, 0.6) is 5.88 Å². The Bertz CT molecular complexity index is 2370. The van der Waals surface area contributed by atoms with E-state index in [4.69, 9.17) is 21.3 Å². The van der Waals surface area contributed by atoms with Gasteiger partial charge >= 0.3 is 5.69 Å². The lowest BCUT2D eigenvalue weighted by atomic mass is 9.88. The molecule has 0 radical (unpaired) electrons. The van der Waals surface area contributed by atoms with E-state index in [1.807, 2.05) is 43.3 Å². The Kier molecular flexibility index (Phi) is 8.18. The van der Waals surface area contributed by atoms with E-state index in [2.05, 4.69) is 31.8 Å². The van der Waals surface area contributed by atoms with Crippen LogP contribution in [0.1, 0.15) is 54.8 Å². The summed E-state index contributed by atoms with van der Waals surface area (Å²) in [5, 5.41) is 15.7. The van der Waals surface area contributed by atoms with E-state index >= 15 is 0 Å². The van der Waals surface area contributed by atoms with Gasteiger partial charge in [-0.25, -0.2) is 9.78 Å². The van der Waals surface area contributed by atoms with Crippen LogP contribution in [0.3, 0.4) is 0 Å². The first-order valence-corrected chi connectivity index (χ1v) is 17.7. The molecule has 0 unspecified atom stereocenters. The van der Waals surface area contributed by atoms with E-state index in [0.29, 0.717) is 28.5 Å². The van der Waals surface area contributed by atoms with Gasteiger partial charge in [-0.2, -0.15) is 5.10 Å². The van der Waals surface area contributed by atoms with Gasteiger partial charge in [0.1, 0.15) is 5.39 Å². The largest absolute Gasteiger partial charge is 0.481 e. The van der Waals surface area contributed by atoms with Crippen LogP contribution in [0.25, 0.3) is 33.3 Å². The van der Waals surface area contributed by atoms with Gasteiger partial charge in [0.05, 0.1) is 35.1 Å². The average Bonchev–Trinajstić information content (AvgIpc) is 3.74. The number of fused-ring (bicyclic) bond motifs is 2. The smallest absolute Gasteiger partial charge is 0.330 e. The number of aryl methyl sites for hydroxylation is 2. The molecule has 5 aromatic rings. The van der Waals surface area contributed by atoms with Gasteiger partial charge in [-0.3, -0.25) is 23.6 Å². The summed E-state index contributed by atoms with van der Waals surface area (Å²) >= 11 is 7.24. The van der Waals surface area contributed by atoms with Crippen molar-refractivity contribution in [2.45, 2.75) is 57.0 Å². The summed E-state index contributed by atoms with van der Waals surface area (Å²) in [7, 11) is 4.71. The molecule has 3 aromatic heterocycles. The molecule has 0 saturated carbocycles. The Labute approximate surface area is 299 Å². The molecule has 5 heterocycles. The summed E-state index contributed by atoms with van der Waals surface area (Å²) in [5.74, 6) is 1.03. The van der Waals surface area contributed by atoms with Crippen molar-refractivity contribution in [3.05, 3.63) is 91.2 Å². The van der Waals surface area contributed by atoms with Gasteiger partial charge in [0.25, 0.3) is 5.56 Å². The first-order valence-electron chi connectivity index (χ1n) is 17.3. The molecule has 1 spiro atoms. The number of hydrogen-bond donors (Lipinski definition) is 2. The van der Waals surface area contributed by atoms with Crippen LogP contribution in [0, 0.1) is 6.92 Å². The topological polar surface area (TPSA) is 136 Å². The molecule has 2 aromatic carbocycles. The molecular formula is C38H39ClN8O4. The van der Waals surface area contributed by atoms with Crippen molar-refractivity contribution >= 4 is 39.9 Å². The molecule has 262 valence electrons. The zero-order valence-corrected chi connectivity index (χ0v) is 29.8. The zero-order valence-electron chi connectivity index (χ0n) is 29.0. The molecule has 2 atom stereocenters. The standard InChI is InChI=1S/C38H39ClN8O4/c1-21-23(8-6-11-26(21)41-34-32-29(19-40-44-34)45(2)37(50)46(3)36(32)49)24-9-5-10-25(33(24)39)27-18-22-13-14-28(31(22)35(42-27)51-4)47-17-16-38(20-47)15-7-12-30(48)43-38/h5-6,8-11,18-19,28H,7,12-17,20H2,1-4H3,(H,41,44)(H,43,48)/t28-,38-/m0/s1. The van der Waals surface area contributed by atoms with Crippen LogP contribution in [-0.4, -0.2) is 60.9 Å². The monoisotopic (exact) mass is 706 g/mol. The summed E-state index contributed by atoms with van der Waals surface area (Å²) in [6.45, 7) is 3.75. The molecule has 2 N–H and O–H groups in total. The van der Waals surface area contributed by atoms with E-state index in [-0.39, 0.29) is 28.7 Å². The first-order chi connectivity index (χ1) is 24.6. The van der Waals surface area contributed by atoms with Gasteiger partial charge in [-0.1, -0.05) is 41.9 Å². The number of halogens is 1. The van der Waals surface area contributed by atoms with Crippen molar-refractivity contribution in [2.75, 3.05) is 25.5 Å². The highest BCUT2D eigenvalue weighted by Gasteiger charge is 2.45. The number of carbonyl (C=O) groups excluding carboxylic acids is 1. The van der Waals surface area contributed by atoms with Crippen LogP contribution in [-0.2, 0) is 25.3 Å². The van der Waals surface area contributed by atoms with Crippen molar-refractivity contribution in [3.8, 4) is 28.3 Å². The number of piperidine rings is 1. The number of nitrogens with zero attached hydrogens (tertiary/aromatic N) is 6. The molecule has 12 nitrogen and oxygen atoms in total. The van der Waals surface area contributed by atoms with Gasteiger partial charge < -0.3 is 15.4 Å². The Morgan fingerprint density at radius 2 is 1.80 bits per heavy atom. The second-order valence-corrected chi connectivity index (χ2v) is 14.4. The molecule has 8 rings (SSSR count). The number of pyridine rings is 1. The third-order valence-electron chi connectivity index (χ3n) is 11.0. The van der Waals surface area contributed by atoms with Crippen LogP contribution < -0.4 is 26.6 Å². The second kappa shape index (κ2) is 12.6. The minimum Gasteiger partial charge on any atom is -0.481 e. The van der Waals surface area contributed by atoms with Gasteiger partial charge in [0.15, 0.2) is 5.82 Å². The predicted molar refractivity (Wildman–Crippen MR) is 197 cm³/mol. The lowest BCUT2D eigenvalue weighted by Gasteiger charge is -2.35. The maximum Gasteiger partial charge on any atom is 0.330 e. The SMILES string of the molecule is COc1nc(-c2cccc(-c3cccc(Nc4nncc5c4c(=O)n(C)c(=O)n5C)c3C)c2Cl)cc2c1[C@@H](N1CC[C@@]3(CCCC(=O)N3)C1)CC2. The Morgan fingerprint density at radius 3 is 2.61 bits per heavy atom. The normalized spacial score (nSPS) is 20.2. The number of methoxy groups -OCH3 is 1. The highest BCUT2D eigenvalue weighted by molar-refractivity contribution is 6.36. The minimum atomic E-state index is -0.458. The molecule has 3 aliphatic rings. The fourth-order valence-corrected chi connectivity index (χ4v) is 8.69. The first kappa shape index (κ1) is 33.1. The average molecular weight is 707 g/mol. The van der Waals surface area contributed by atoms with E-state index in [1.54, 1.807) is 14.2 Å². The summed E-state index contributed by atoms with van der Waals surface area (Å²) < 4.78 is 8.40. The number of ether oxygens (including phenoxy) is 1. The van der Waals surface area contributed by atoms with Crippen LogP contribution in [0.4, 0.5) is 11.5 Å². The highest BCUT2D eigenvalue weighted by Crippen LogP contribution is 2.47. The van der Waals surface area contributed by atoms with E-state index in [1.165, 1.54) is 23.4 Å². The Balaban J connectivity index is 1.12. The molecule has 1 aliphatic carbocycles. The molecular weight excluding hydrogens is 668 g/mol. The molecule has 2 saturated heterocycles. The van der Waals surface area contributed by atoms with E-state index in [0.717, 1.165) is 83.3 Å². The number of amides is 1. The highest BCUT2D eigenvalue weighted by atomic mass is 35.5. The van der Waals surface area contributed by atoms with Crippen LogP contribution in [0.2, 0.25) is 5.02 Å². The quantitative estimate of drug-likeness (QED) is 0.244. The molecule has 1 amide bonds. The third-order valence-corrected chi connectivity index (χ3v) is 11.5. The van der Waals surface area contributed by atoms with E-state index < -0.39 is 11.2 Å². The van der Waals surface area contributed by atoms with Crippen LogP contribution in [0.15, 0.2) is 58.3 Å². The van der Waals surface area contributed by atoms with Crippen molar-refractivity contribution in [2.24, 2.45) is 14.1 Å². The minimum absolute atomic E-state index is 0.128. The fourth-order valence-electron chi connectivity index (χ4n) is 8.37. The maximum atomic E-state index is 13.2. The van der Waals surface area contributed by atoms with Crippen molar-refractivity contribution in [1.29, 1.82) is 0 Å². The number of benzene rings is 2. The van der Waals surface area contributed by atoms with Crippen LogP contribution >= 0.6 is 11.6 Å². The van der Waals surface area contributed by atoms with Crippen molar-refractivity contribution in [1.82, 2.24) is 34.5 Å². The van der Waals surface area contributed by atoms with Crippen molar-refractivity contribution < 1.29 is 9.53 Å². The van der Waals surface area contributed by atoms with Gasteiger partial charge in [-0.15, -0.1) is 5.10 Å². The number of aromatic nitrogens is 5. The molecule has 13 heteroatoms. The second-order valence-electron chi connectivity index (χ2n) is 14.0. The summed E-state index contributed by atoms with van der Waals surface area (Å²) in [4.78, 5) is 45.5. The Hall–Kier alpha value is -5.07. The van der Waals surface area contributed by atoms with Gasteiger partial charge in [0, 0.05) is 62.0 Å². The maximum absolute atomic E-state index is 13.2. The predicted octanol–water partition coefficient (Wildman–Crippen LogP) is 5.20.